The highest BCUT2D eigenvalue weighted by molar-refractivity contribution is 6.28. The number of halogens is 1. The first kappa shape index (κ1) is 23.1. The van der Waals surface area contributed by atoms with E-state index < -0.39 is 40.0 Å². The standard InChI is InChI=1S/C17H21ClN6O6/c1-17(2,3)30-16(26)23-8-7-22(9-10(23)5-6-19)13-12(24(27)28)11(14(25)29-4)20-15(18)21-13/h10H,5,7-9H2,1-4H3/t10-/m0/s1. The predicted molar refractivity (Wildman–Crippen MR) is 104 cm³/mol. The van der Waals surface area contributed by atoms with Crippen molar-refractivity contribution in [2.24, 2.45) is 0 Å². The summed E-state index contributed by atoms with van der Waals surface area (Å²) in [6.07, 6.45) is -0.625. The second-order valence-corrected chi connectivity index (χ2v) is 7.74. The van der Waals surface area contributed by atoms with Crippen LogP contribution in [0.2, 0.25) is 5.28 Å². The molecule has 0 aliphatic carbocycles. The molecule has 0 spiro atoms. The van der Waals surface area contributed by atoms with E-state index >= 15 is 0 Å². The van der Waals surface area contributed by atoms with Gasteiger partial charge in [0.15, 0.2) is 0 Å². The summed E-state index contributed by atoms with van der Waals surface area (Å²) < 4.78 is 9.94. The molecule has 2 rings (SSSR count). The molecule has 0 N–H and O–H groups in total. The van der Waals surface area contributed by atoms with Crippen LogP contribution in [0.3, 0.4) is 0 Å². The summed E-state index contributed by atoms with van der Waals surface area (Å²) in [6.45, 7) is 5.47. The highest BCUT2D eigenvalue weighted by Crippen LogP contribution is 2.32. The second-order valence-electron chi connectivity index (χ2n) is 7.40. The molecule has 2 heterocycles. The zero-order chi connectivity index (χ0) is 22.6. The number of nitriles is 1. The molecular formula is C17H21ClN6O6. The van der Waals surface area contributed by atoms with Crippen molar-refractivity contribution < 1.29 is 24.0 Å². The maximum Gasteiger partial charge on any atom is 0.410 e. The zero-order valence-corrected chi connectivity index (χ0v) is 17.7. The number of anilines is 1. The summed E-state index contributed by atoms with van der Waals surface area (Å²) in [4.78, 5) is 45.8. The lowest BCUT2D eigenvalue weighted by Gasteiger charge is -2.41. The van der Waals surface area contributed by atoms with E-state index in [0.717, 1.165) is 7.11 Å². The van der Waals surface area contributed by atoms with Crippen LogP contribution in [0.5, 0.6) is 0 Å². The van der Waals surface area contributed by atoms with Crippen LogP contribution in [0.15, 0.2) is 0 Å². The highest BCUT2D eigenvalue weighted by atomic mass is 35.5. The van der Waals surface area contributed by atoms with Gasteiger partial charge in [-0.2, -0.15) is 10.2 Å². The predicted octanol–water partition coefficient (Wildman–Crippen LogP) is 2.16. The van der Waals surface area contributed by atoms with Crippen LogP contribution in [0.4, 0.5) is 16.3 Å². The molecular weight excluding hydrogens is 420 g/mol. The summed E-state index contributed by atoms with van der Waals surface area (Å²) in [5.74, 6) is -1.22. The van der Waals surface area contributed by atoms with Crippen molar-refractivity contribution in [2.45, 2.75) is 38.8 Å². The van der Waals surface area contributed by atoms with Gasteiger partial charge in [0.2, 0.25) is 16.8 Å². The molecule has 1 saturated heterocycles. The molecule has 1 aliphatic heterocycles. The van der Waals surface area contributed by atoms with Crippen molar-refractivity contribution in [1.29, 1.82) is 5.26 Å². The number of ether oxygens (including phenoxy) is 2. The molecule has 0 aromatic carbocycles. The molecule has 1 amide bonds. The number of amides is 1. The van der Waals surface area contributed by atoms with E-state index in [-0.39, 0.29) is 37.2 Å². The van der Waals surface area contributed by atoms with Crippen molar-refractivity contribution in [1.82, 2.24) is 14.9 Å². The van der Waals surface area contributed by atoms with Crippen LogP contribution >= 0.6 is 11.6 Å². The Labute approximate surface area is 177 Å². The molecule has 30 heavy (non-hydrogen) atoms. The maximum absolute atomic E-state index is 12.5. The Kier molecular flexibility index (Phi) is 6.99. The third kappa shape index (κ3) is 5.24. The molecule has 0 bridgehead atoms. The number of hydrogen-bond donors (Lipinski definition) is 0. The molecule has 162 valence electrons. The molecule has 12 nitrogen and oxygen atoms in total. The number of carbonyl (C=O) groups excluding carboxylic acids is 2. The maximum atomic E-state index is 12.5. The Balaban J connectivity index is 2.41. The first-order chi connectivity index (χ1) is 14.0. The van der Waals surface area contributed by atoms with Gasteiger partial charge in [0.05, 0.1) is 30.6 Å². The van der Waals surface area contributed by atoms with Gasteiger partial charge in [0.1, 0.15) is 5.60 Å². The fourth-order valence-corrected chi connectivity index (χ4v) is 3.10. The number of rotatable bonds is 4. The quantitative estimate of drug-likeness (QED) is 0.294. The van der Waals surface area contributed by atoms with E-state index in [0.29, 0.717) is 0 Å². The van der Waals surface area contributed by atoms with Gasteiger partial charge < -0.3 is 19.3 Å². The van der Waals surface area contributed by atoms with Gasteiger partial charge in [-0.05, 0) is 32.4 Å². The van der Waals surface area contributed by atoms with E-state index in [1.54, 1.807) is 20.8 Å². The Morgan fingerprint density at radius 2 is 2.03 bits per heavy atom. The molecule has 1 aromatic heterocycles. The van der Waals surface area contributed by atoms with Gasteiger partial charge >= 0.3 is 17.7 Å². The van der Waals surface area contributed by atoms with Crippen LogP contribution in [-0.4, -0.2) is 70.2 Å². The van der Waals surface area contributed by atoms with Crippen molar-refractivity contribution in [3.8, 4) is 6.07 Å². The first-order valence-corrected chi connectivity index (χ1v) is 9.28. The van der Waals surface area contributed by atoms with E-state index in [4.69, 9.17) is 16.3 Å². The fourth-order valence-electron chi connectivity index (χ4n) is 2.93. The zero-order valence-electron chi connectivity index (χ0n) is 16.9. The van der Waals surface area contributed by atoms with Crippen molar-refractivity contribution >= 4 is 35.2 Å². The summed E-state index contributed by atoms with van der Waals surface area (Å²) in [5, 5.41) is 20.5. The van der Waals surface area contributed by atoms with E-state index in [2.05, 4.69) is 14.7 Å². The Morgan fingerprint density at radius 3 is 2.57 bits per heavy atom. The summed E-state index contributed by atoms with van der Waals surface area (Å²) in [6, 6.07) is 1.38. The topological polar surface area (TPSA) is 152 Å². The second kappa shape index (κ2) is 9.08. The molecule has 1 fully saturated rings. The monoisotopic (exact) mass is 440 g/mol. The van der Waals surface area contributed by atoms with Gasteiger partial charge in [-0.1, -0.05) is 0 Å². The number of hydrogen-bond acceptors (Lipinski definition) is 10. The Morgan fingerprint density at radius 1 is 1.37 bits per heavy atom. The van der Waals surface area contributed by atoms with Crippen LogP contribution in [0.25, 0.3) is 0 Å². The average Bonchev–Trinajstić information content (AvgIpc) is 2.65. The molecule has 1 aliphatic rings. The van der Waals surface area contributed by atoms with Crippen molar-refractivity contribution in [3.63, 3.8) is 0 Å². The van der Waals surface area contributed by atoms with Crippen LogP contribution in [-0.2, 0) is 9.47 Å². The van der Waals surface area contributed by atoms with Crippen molar-refractivity contribution in [2.75, 3.05) is 31.6 Å². The molecule has 1 atom stereocenters. The van der Waals surface area contributed by atoms with E-state index in [1.807, 2.05) is 6.07 Å². The Hall–Kier alpha value is -3.20. The minimum absolute atomic E-state index is 0.0355. The third-order valence-electron chi connectivity index (χ3n) is 4.14. The summed E-state index contributed by atoms with van der Waals surface area (Å²) >= 11 is 5.88. The molecule has 0 radical (unpaired) electrons. The fraction of sp³-hybridized carbons (Fsp3) is 0.588. The van der Waals surface area contributed by atoms with Gasteiger partial charge in [-0.15, -0.1) is 0 Å². The number of nitrogens with zero attached hydrogens (tertiary/aromatic N) is 6. The van der Waals surface area contributed by atoms with E-state index in [9.17, 15) is 25.0 Å². The summed E-state index contributed by atoms with van der Waals surface area (Å²) in [5.41, 5.74) is -1.96. The number of methoxy groups -OCH3 is 1. The number of aromatic nitrogens is 2. The van der Waals surface area contributed by atoms with E-state index in [1.165, 1.54) is 9.80 Å². The third-order valence-corrected chi connectivity index (χ3v) is 4.31. The minimum atomic E-state index is -1.03. The molecule has 13 heteroatoms. The lowest BCUT2D eigenvalue weighted by Crippen LogP contribution is -2.56. The number of nitro groups is 1. The number of piperazine rings is 1. The molecule has 1 aromatic rings. The van der Waals surface area contributed by atoms with Gasteiger partial charge in [-0.25, -0.2) is 14.6 Å². The minimum Gasteiger partial charge on any atom is -0.464 e. The summed E-state index contributed by atoms with van der Waals surface area (Å²) in [7, 11) is 1.06. The smallest absolute Gasteiger partial charge is 0.410 e. The Bertz CT molecular complexity index is 896. The van der Waals surface area contributed by atoms with Crippen molar-refractivity contribution in [3.05, 3.63) is 21.1 Å². The lowest BCUT2D eigenvalue weighted by molar-refractivity contribution is -0.385. The number of carbonyl (C=O) groups is 2. The SMILES string of the molecule is COC(=O)c1nc(Cl)nc(N2CCN(C(=O)OC(C)(C)C)[C@@H](CC#N)C2)c1[N+](=O)[O-]. The normalized spacial score (nSPS) is 16.6. The number of esters is 1. The molecule has 0 unspecified atom stereocenters. The highest BCUT2D eigenvalue weighted by Gasteiger charge is 2.38. The largest absolute Gasteiger partial charge is 0.464 e. The van der Waals surface area contributed by atoms with Crippen LogP contribution in [0, 0.1) is 21.4 Å². The van der Waals surface area contributed by atoms with Gasteiger partial charge in [-0.3, -0.25) is 10.1 Å². The lowest BCUT2D eigenvalue weighted by atomic mass is 10.1. The van der Waals surface area contributed by atoms with Gasteiger partial charge in [0, 0.05) is 19.6 Å². The first-order valence-electron chi connectivity index (χ1n) is 8.90. The van der Waals surface area contributed by atoms with Crippen LogP contribution in [0.1, 0.15) is 37.7 Å². The van der Waals surface area contributed by atoms with Gasteiger partial charge in [0.25, 0.3) is 0 Å². The molecule has 0 saturated carbocycles. The van der Waals surface area contributed by atoms with Crippen LogP contribution < -0.4 is 4.90 Å². The average molecular weight is 441 g/mol.